The van der Waals surface area contributed by atoms with Crippen molar-refractivity contribution in [2.24, 2.45) is 0 Å². The van der Waals surface area contributed by atoms with Crippen molar-refractivity contribution >= 4 is 55.1 Å². The Bertz CT molecular complexity index is 599. The molecular weight excluding hydrogens is 393 g/mol. The fourth-order valence-electron chi connectivity index (χ4n) is 1.58. The van der Waals surface area contributed by atoms with Crippen molar-refractivity contribution in [2.75, 3.05) is 5.32 Å². The monoisotopic (exact) mass is 401 g/mol. The summed E-state index contributed by atoms with van der Waals surface area (Å²) in [7, 11) is 0. The van der Waals surface area contributed by atoms with Crippen LogP contribution in [0.5, 0.6) is 0 Å². The van der Waals surface area contributed by atoms with Gasteiger partial charge in [0.1, 0.15) is 0 Å². The zero-order valence-corrected chi connectivity index (χ0v) is 13.7. The van der Waals surface area contributed by atoms with Gasteiger partial charge in [-0.15, -0.1) is 0 Å². The van der Waals surface area contributed by atoms with Crippen LogP contribution in [0.2, 0.25) is 5.02 Å². The molecule has 0 saturated heterocycles. The number of anilines is 1. The highest BCUT2D eigenvalue weighted by molar-refractivity contribution is 9.11. The first-order valence-electron chi connectivity index (χ1n) is 5.54. The van der Waals surface area contributed by atoms with Crippen molar-refractivity contribution in [3.63, 3.8) is 0 Å². The minimum absolute atomic E-state index is 0.0784. The first kappa shape index (κ1) is 14.6. The van der Waals surface area contributed by atoms with E-state index in [1.165, 1.54) is 0 Å². The van der Waals surface area contributed by atoms with Crippen molar-refractivity contribution in [2.45, 2.75) is 6.42 Å². The Kier molecular flexibility index (Phi) is 5.02. The molecular formula is C14H10Br2ClNO. The summed E-state index contributed by atoms with van der Waals surface area (Å²) in [5.41, 5.74) is 1.63. The van der Waals surface area contributed by atoms with E-state index in [1.54, 1.807) is 18.2 Å². The number of carbonyl (C=O) groups excluding carboxylic acids is 1. The molecule has 0 aromatic heterocycles. The van der Waals surface area contributed by atoms with Gasteiger partial charge in [-0.2, -0.15) is 0 Å². The first-order chi connectivity index (χ1) is 9.06. The SMILES string of the molecule is O=C(Cc1ccc(Br)cc1)Nc1cccc(Cl)c1Br. The molecule has 0 bridgehead atoms. The lowest BCUT2D eigenvalue weighted by Gasteiger charge is -2.08. The Morgan fingerprint density at radius 2 is 1.79 bits per heavy atom. The van der Waals surface area contributed by atoms with Gasteiger partial charge in [0, 0.05) is 4.47 Å². The third kappa shape index (κ3) is 4.06. The van der Waals surface area contributed by atoms with E-state index in [0.717, 1.165) is 10.0 Å². The topological polar surface area (TPSA) is 29.1 Å². The largest absolute Gasteiger partial charge is 0.325 e. The second-order valence-electron chi connectivity index (χ2n) is 3.95. The molecule has 2 aromatic rings. The lowest BCUT2D eigenvalue weighted by Crippen LogP contribution is -2.14. The van der Waals surface area contributed by atoms with Crippen LogP contribution in [0.25, 0.3) is 0 Å². The molecule has 19 heavy (non-hydrogen) atoms. The fourth-order valence-corrected chi connectivity index (χ4v) is 2.38. The number of carbonyl (C=O) groups is 1. The van der Waals surface area contributed by atoms with Crippen LogP contribution in [0.1, 0.15) is 5.56 Å². The van der Waals surface area contributed by atoms with Gasteiger partial charge in [-0.25, -0.2) is 0 Å². The Labute approximate surface area is 133 Å². The van der Waals surface area contributed by atoms with Crippen molar-refractivity contribution < 1.29 is 4.79 Å². The molecule has 0 atom stereocenters. The lowest BCUT2D eigenvalue weighted by molar-refractivity contribution is -0.115. The third-order valence-electron chi connectivity index (χ3n) is 2.50. The fraction of sp³-hybridized carbons (Fsp3) is 0.0714. The van der Waals surface area contributed by atoms with Crippen LogP contribution in [0, 0.1) is 0 Å². The number of amides is 1. The van der Waals surface area contributed by atoms with E-state index >= 15 is 0 Å². The predicted octanol–water partition coefficient (Wildman–Crippen LogP) is 5.05. The molecule has 0 aliphatic carbocycles. The number of hydrogen-bond acceptors (Lipinski definition) is 1. The van der Waals surface area contributed by atoms with Crippen LogP contribution < -0.4 is 5.32 Å². The minimum atomic E-state index is -0.0784. The van der Waals surface area contributed by atoms with Crippen LogP contribution in [-0.2, 0) is 11.2 Å². The quantitative estimate of drug-likeness (QED) is 0.764. The molecule has 98 valence electrons. The van der Waals surface area contributed by atoms with Crippen LogP contribution in [0.15, 0.2) is 51.4 Å². The second-order valence-corrected chi connectivity index (χ2v) is 6.07. The summed E-state index contributed by atoms with van der Waals surface area (Å²) in [6, 6.07) is 13.0. The number of halogens is 3. The number of benzene rings is 2. The molecule has 0 radical (unpaired) electrons. The lowest BCUT2D eigenvalue weighted by atomic mass is 10.1. The number of nitrogens with one attached hydrogen (secondary N) is 1. The van der Waals surface area contributed by atoms with Gasteiger partial charge in [-0.1, -0.05) is 45.7 Å². The molecule has 0 unspecified atom stereocenters. The van der Waals surface area contributed by atoms with E-state index in [1.807, 2.05) is 24.3 Å². The smallest absolute Gasteiger partial charge is 0.228 e. The average Bonchev–Trinajstić information content (AvgIpc) is 2.38. The Balaban J connectivity index is 2.05. The summed E-state index contributed by atoms with van der Waals surface area (Å²) < 4.78 is 1.69. The van der Waals surface area contributed by atoms with E-state index in [2.05, 4.69) is 37.2 Å². The minimum Gasteiger partial charge on any atom is -0.325 e. The summed E-state index contributed by atoms with van der Waals surface area (Å²) >= 11 is 12.7. The standard InChI is InChI=1S/C14H10Br2ClNO/c15-10-6-4-9(5-7-10)8-13(19)18-12-3-1-2-11(17)14(12)16/h1-7H,8H2,(H,18,19). The zero-order chi connectivity index (χ0) is 13.8. The van der Waals surface area contributed by atoms with Crippen LogP contribution >= 0.6 is 43.5 Å². The number of hydrogen-bond donors (Lipinski definition) is 1. The van der Waals surface area contributed by atoms with E-state index < -0.39 is 0 Å². The van der Waals surface area contributed by atoms with E-state index in [9.17, 15) is 4.79 Å². The second kappa shape index (κ2) is 6.55. The van der Waals surface area contributed by atoms with E-state index in [4.69, 9.17) is 11.6 Å². The Morgan fingerprint density at radius 3 is 2.47 bits per heavy atom. The van der Waals surface area contributed by atoms with Crippen molar-refractivity contribution in [3.05, 3.63) is 62.0 Å². The van der Waals surface area contributed by atoms with Crippen LogP contribution in [0.3, 0.4) is 0 Å². The van der Waals surface area contributed by atoms with Gasteiger partial charge in [0.2, 0.25) is 5.91 Å². The Hall–Kier alpha value is -0.840. The van der Waals surface area contributed by atoms with Gasteiger partial charge < -0.3 is 5.32 Å². The molecule has 5 heteroatoms. The molecule has 0 aliphatic rings. The van der Waals surface area contributed by atoms with E-state index in [-0.39, 0.29) is 5.91 Å². The normalized spacial score (nSPS) is 10.3. The van der Waals surface area contributed by atoms with Gasteiger partial charge in [0.15, 0.2) is 0 Å². The molecule has 0 saturated carbocycles. The maximum absolute atomic E-state index is 11.9. The maximum atomic E-state index is 11.9. The summed E-state index contributed by atoms with van der Waals surface area (Å²) in [5.74, 6) is -0.0784. The van der Waals surface area contributed by atoms with Crippen molar-refractivity contribution in [1.82, 2.24) is 0 Å². The molecule has 0 aliphatic heterocycles. The van der Waals surface area contributed by atoms with Gasteiger partial charge in [-0.05, 0) is 45.8 Å². The molecule has 0 fully saturated rings. The number of rotatable bonds is 3. The molecule has 2 aromatic carbocycles. The van der Waals surface area contributed by atoms with Gasteiger partial charge in [0.25, 0.3) is 0 Å². The molecule has 0 heterocycles. The zero-order valence-electron chi connectivity index (χ0n) is 9.79. The van der Waals surface area contributed by atoms with E-state index in [0.29, 0.717) is 21.6 Å². The highest BCUT2D eigenvalue weighted by Crippen LogP contribution is 2.30. The van der Waals surface area contributed by atoms with Crippen molar-refractivity contribution in [3.8, 4) is 0 Å². The van der Waals surface area contributed by atoms with Crippen LogP contribution in [0.4, 0.5) is 5.69 Å². The first-order valence-corrected chi connectivity index (χ1v) is 7.51. The van der Waals surface area contributed by atoms with Crippen LogP contribution in [-0.4, -0.2) is 5.91 Å². The maximum Gasteiger partial charge on any atom is 0.228 e. The molecule has 0 spiro atoms. The highest BCUT2D eigenvalue weighted by Gasteiger charge is 2.08. The summed E-state index contributed by atoms with van der Waals surface area (Å²) in [6.07, 6.45) is 0.326. The van der Waals surface area contributed by atoms with Gasteiger partial charge >= 0.3 is 0 Å². The van der Waals surface area contributed by atoms with Gasteiger partial charge in [0.05, 0.1) is 21.6 Å². The predicted molar refractivity (Wildman–Crippen MR) is 85.6 cm³/mol. The molecule has 1 amide bonds. The Morgan fingerprint density at radius 1 is 1.11 bits per heavy atom. The van der Waals surface area contributed by atoms with Crippen molar-refractivity contribution in [1.29, 1.82) is 0 Å². The summed E-state index contributed by atoms with van der Waals surface area (Å²) in [4.78, 5) is 11.9. The summed E-state index contributed by atoms with van der Waals surface area (Å²) in [6.45, 7) is 0. The average molecular weight is 404 g/mol. The molecule has 2 nitrogen and oxygen atoms in total. The third-order valence-corrected chi connectivity index (χ3v) is 4.43. The summed E-state index contributed by atoms with van der Waals surface area (Å²) in [5, 5.41) is 3.40. The van der Waals surface area contributed by atoms with Gasteiger partial charge in [-0.3, -0.25) is 4.79 Å². The highest BCUT2D eigenvalue weighted by atomic mass is 79.9. The molecule has 2 rings (SSSR count). The molecule has 1 N–H and O–H groups in total.